The average Bonchev–Trinajstić information content (AvgIpc) is 2.24. The Bertz CT molecular complexity index is 355. The fourth-order valence-electron chi connectivity index (χ4n) is 1.05. The van der Waals surface area contributed by atoms with Crippen LogP contribution in [0.3, 0.4) is 0 Å². The molecule has 102 valence electrons. The third kappa shape index (κ3) is 6.46. The maximum Gasteiger partial charge on any atom is 0.325 e. The van der Waals surface area contributed by atoms with E-state index in [0.717, 1.165) is 0 Å². The van der Waals surface area contributed by atoms with Crippen LogP contribution in [0.5, 0.6) is 0 Å². The molecule has 0 aliphatic carbocycles. The number of nitrogens with one attached hydrogen (secondary N) is 3. The average molecular weight is 259 g/mol. The monoisotopic (exact) mass is 259 g/mol. The van der Waals surface area contributed by atoms with E-state index < -0.39 is 29.9 Å². The van der Waals surface area contributed by atoms with Crippen LogP contribution in [0, 0.1) is 0 Å². The molecule has 0 unspecified atom stereocenters. The van der Waals surface area contributed by atoms with Crippen molar-refractivity contribution in [3.8, 4) is 0 Å². The summed E-state index contributed by atoms with van der Waals surface area (Å²) in [6, 6.07) is -1.78. The standard InChI is InChI=1S/C10H17N3O5/c1-5(12-7(3)14)9(16)11-4-8(15)13-6(2)10(17)18/h5-6H,4H2,1-3H3,(H,11,16)(H,12,14)(H,13,15)(H,17,18)/t5-,6-/m0/s1. The Balaban J connectivity index is 4.02. The number of aliphatic carboxylic acids is 1. The third-order valence-corrected chi connectivity index (χ3v) is 1.98. The molecule has 0 spiro atoms. The molecule has 0 saturated carbocycles. The van der Waals surface area contributed by atoms with Crippen molar-refractivity contribution >= 4 is 23.7 Å². The summed E-state index contributed by atoms with van der Waals surface area (Å²) in [5, 5.41) is 15.3. The van der Waals surface area contributed by atoms with E-state index in [4.69, 9.17) is 5.11 Å². The molecule has 3 amide bonds. The summed E-state index contributed by atoms with van der Waals surface area (Å²) in [6.45, 7) is 3.70. The van der Waals surface area contributed by atoms with Crippen molar-refractivity contribution < 1.29 is 24.3 Å². The highest BCUT2D eigenvalue weighted by atomic mass is 16.4. The Morgan fingerprint density at radius 3 is 2.06 bits per heavy atom. The Hall–Kier alpha value is -2.12. The van der Waals surface area contributed by atoms with Gasteiger partial charge in [0.25, 0.3) is 0 Å². The van der Waals surface area contributed by atoms with Crippen LogP contribution in [0.25, 0.3) is 0 Å². The molecule has 0 saturated heterocycles. The summed E-state index contributed by atoms with van der Waals surface area (Å²) in [7, 11) is 0. The lowest BCUT2D eigenvalue weighted by Crippen LogP contribution is -2.48. The number of hydrogen-bond acceptors (Lipinski definition) is 4. The zero-order valence-electron chi connectivity index (χ0n) is 10.4. The molecule has 8 nitrogen and oxygen atoms in total. The Morgan fingerprint density at radius 2 is 1.61 bits per heavy atom. The number of amides is 3. The van der Waals surface area contributed by atoms with Gasteiger partial charge in [0.2, 0.25) is 17.7 Å². The second kappa shape index (κ2) is 7.25. The van der Waals surface area contributed by atoms with Crippen LogP contribution in [-0.4, -0.2) is 47.4 Å². The van der Waals surface area contributed by atoms with Crippen LogP contribution in [0.1, 0.15) is 20.8 Å². The minimum atomic E-state index is -1.17. The first kappa shape index (κ1) is 15.9. The first-order valence-corrected chi connectivity index (χ1v) is 5.31. The van der Waals surface area contributed by atoms with Gasteiger partial charge in [-0.2, -0.15) is 0 Å². The second-order valence-corrected chi connectivity index (χ2v) is 3.77. The van der Waals surface area contributed by atoms with Gasteiger partial charge in [-0.3, -0.25) is 19.2 Å². The number of rotatable bonds is 6. The lowest BCUT2D eigenvalue weighted by atomic mass is 10.3. The zero-order valence-corrected chi connectivity index (χ0v) is 10.4. The fraction of sp³-hybridized carbons (Fsp3) is 0.600. The van der Waals surface area contributed by atoms with Crippen molar-refractivity contribution in [1.29, 1.82) is 0 Å². The van der Waals surface area contributed by atoms with Gasteiger partial charge in [-0.25, -0.2) is 0 Å². The Kier molecular flexibility index (Phi) is 6.40. The van der Waals surface area contributed by atoms with Crippen molar-refractivity contribution in [2.24, 2.45) is 0 Å². The maximum absolute atomic E-state index is 11.4. The zero-order chi connectivity index (χ0) is 14.3. The van der Waals surface area contributed by atoms with E-state index in [1.807, 2.05) is 0 Å². The molecular weight excluding hydrogens is 242 g/mol. The molecular formula is C10H17N3O5. The minimum absolute atomic E-state index is 0.347. The molecule has 0 aromatic carbocycles. The lowest BCUT2D eigenvalue weighted by Gasteiger charge is -2.13. The molecule has 4 N–H and O–H groups in total. The highest BCUT2D eigenvalue weighted by Crippen LogP contribution is 1.83. The van der Waals surface area contributed by atoms with Gasteiger partial charge in [-0.15, -0.1) is 0 Å². The van der Waals surface area contributed by atoms with E-state index >= 15 is 0 Å². The molecule has 18 heavy (non-hydrogen) atoms. The van der Waals surface area contributed by atoms with Gasteiger partial charge in [-0.1, -0.05) is 0 Å². The lowest BCUT2D eigenvalue weighted by molar-refractivity contribution is -0.141. The van der Waals surface area contributed by atoms with Crippen molar-refractivity contribution in [3.05, 3.63) is 0 Å². The molecule has 2 atom stereocenters. The van der Waals surface area contributed by atoms with E-state index in [1.165, 1.54) is 20.8 Å². The van der Waals surface area contributed by atoms with Gasteiger partial charge in [0.05, 0.1) is 6.54 Å². The largest absolute Gasteiger partial charge is 0.480 e. The van der Waals surface area contributed by atoms with E-state index in [-0.39, 0.29) is 12.5 Å². The van der Waals surface area contributed by atoms with Crippen molar-refractivity contribution in [1.82, 2.24) is 16.0 Å². The van der Waals surface area contributed by atoms with E-state index in [1.54, 1.807) is 0 Å². The molecule has 0 radical (unpaired) electrons. The topological polar surface area (TPSA) is 125 Å². The number of carboxylic acid groups (broad SMARTS) is 1. The number of hydrogen-bond donors (Lipinski definition) is 4. The predicted octanol–water partition coefficient (Wildman–Crippen LogP) is -1.78. The number of carbonyl (C=O) groups is 4. The van der Waals surface area contributed by atoms with Gasteiger partial charge in [0, 0.05) is 6.92 Å². The van der Waals surface area contributed by atoms with Crippen molar-refractivity contribution in [2.45, 2.75) is 32.9 Å². The van der Waals surface area contributed by atoms with Crippen molar-refractivity contribution in [2.75, 3.05) is 6.54 Å². The quantitative estimate of drug-likeness (QED) is 0.448. The maximum atomic E-state index is 11.4. The van der Waals surface area contributed by atoms with E-state index in [9.17, 15) is 19.2 Å². The van der Waals surface area contributed by atoms with Gasteiger partial charge in [-0.05, 0) is 13.8 Å². The normalized spacial score (nSPS) is 13.1. The molecule has 0 bridgehead atoms. The molecule has 0 aromatic rings. The van der Waals surface area contributed by atoms with Crippen LogP contribution in [0.15, 0.2) is 0 Å². The highest BCUT2D eigenvalue weighted by molar-refractivity contribution is 5.90. The first-order chi connectivity index (χ1) is 8.23. The van der Waals surface area contributed by atoms with E-state index in [2.05, 4.69) is 16.0 Å². The molecule has 0 rings (SSSR count). The fourth-order valence-corrected chi connectivity index (χ4v) is 1.05. The smallest absolute Gasteiger partial charge is 0.325 e. The van der Waals surface area contributed by atoms with E-state index in [0.29, 0.717) is 0 Å². The third-order valence-electron chi connectivity index (χ3n) is 1.98. The summed E-state index contributed by atoms with van der Waals surface area (Å²) < 4.78 is 0. The van der Waals surface area contributed by atoms with Gasteiger partial charge in [0.1, 0.15) is 12.1 Å². The SMILES string of the molecule is CC(=O)N[C@@H](C)C(=O)NCC(=O)N[C@@H](C)C(=O)O. The van der Waals surface area contributed by atoms with Gasteiger partial charge in [0.15, 0.2) is 0 Å². The predicted molar refractivity (Wildman–Crippen MR) is 61.5 cm³/mol. The van der Waals surface area contributed by atoms with Crippen LogP contribution < -0.4 is 16.0 Å². The summed E-state index contributed by atoms with van der Waals surface area (Å²) >= 11 is 0. The molecule has 0 fully saturated rings. The van der Waals surface area contributed by atoms with Crippen LogP contribution in [0.2, 0.25) is 0 Å². The van der Waals surface area contributed by atoms with Gasteiger partial charge >= 0.3 is 5.97 Å². The second-order valence-electron chi connectivity index (χ2n) is 3.77. The number of carboxylic acids is 1. The van der Waals surface area contributed by atoms with Crippen LogP contribution >= 0.6 is 0 Å². The highest BCUT2D eigenvalue weighted by Gasteiger charge is 2.17. The molecule has 0 heterocycles. The Morgan fingerprint density at radius 1 is 1.06 bits per heavy atom. The number of carbonyl (C=O) groups excluding carboxylic acids is 3. The molecule has 0 aliphatic heterocycles. The first-order valence-electron chi connectivity index (χ1n) is 5.31. The summed E-state index contributed by atoms with van der Waals surface area (Å²) in [4.78, 5) is 43.7. The van der Waals surface area contributed by atoms with Crippen LogP contribution in [0.4, 0.5) is 0 Å². The Labute approximate surface area is 104 Å². The summed E-state index contributed by atoms with van der Waals surface area (Å²) in [5.41, 5.74) is 0. The van der Waals surface area contributed by atoms with Gasteiger partial charge < -0.3 is 21.1 Å². The molecule has 0 aliphatic rings. The molecule has 8 heteroatoms. The molecule has 0 aromatic heterocycles. The minimum Gasteiger partial charge on any atom is -0.480 e. The summed E-state index contributed by atoms with van der Waals surface area (Å²) in [6.07, 6.45) is 0. The van der Waals surface area contributed by atoms with Crippen molar-refractivity contribution in [3.63, 3.8) is 0 Å². The summed E-state index contributed by atoms with van der Waals surface area (Å²) in [5.74, 6) is -2.67. The van der Waals surface area contributed by atoms with Crippen LogP contribution in [-0.2, 0) is 19.2 Å².